The van der Waals surface area contributed by atoms with Crippen LogP contribution in [0.4, 0.5) is 5.69 Å². The number of piperidine rings is 1. The third kappa shape index (κ3) is 2.41. The summed E-state index contributed by atoms with van der Waals surface area (Å²) in [5.41, 5.74) is 7.26. The van der Waals surface area contributed by atoms with Gasteiger partial charge in [-0.25, -0.2) is 0 Å². The summed E-state index contributed by atoms with van der Waals surface area (Å²) in [6, 6.07) is 0. The fourth-order valence-electron chi connectivity index (χ4n) is 3.81. The van der Waals surface area contributed by atoms with Crippen LogP contribution >= 0.6 is 0 Å². The van der Waals surface area contributed by atoms with Gasteiger partial charge in [0.25, 0.3) is 5.91 Å². The lowest BCUT2D eigenvalue weighted by atomic mass is 9.68. The Labute approximate surface area is 120 Å². The largest absolute Gasteiger partial charge is 0.396 e. The molecule has 1 amide bonds. The molecule has 110 valence electrons. The average molecular weight is 276 g/mol. The normalized spacial score (nSPS) is 22.1. The number of nitrogens with two attached hydrogens (primary N) is 1. The van der Waals surface area contributed by atoms with Crippen molar-refractivity contribution >= 4 is 11.6 Å². The van der Waals surface area contributed by atoms with Gasteiger partial charge in [-0.05, 0) is 31.1 Å². The van der Waals surface area contributed by atoms with Crippen LogP contribution in [-0.2, 0) is 7.05 Å². The molecule has 5 nitrogen and oxygen atoms in total. The van der Waals surface area contributed by atoms with E-state index in [0.29, 0.717) is 16.8 Å². The van der Waals surface area contributed by atoms with Crippen molar-refractivity contribution in [3.8, 4) is 0 Å². The fourth-order valence-corrected chi connectivity index (χ4v) is 3.81. The van der Waals surface area contributed by atoms with E-state index in [1.54, 1.807) is 17.9 Å². The van der Waals surface area contributed by atoms with Gasteiger partial charge in [0.1, 0.15) is 0 Å². The lowest BCUT2D eigenvalue weighted by Crippen LogP contribution is -2.44. The molecule has 2 fully saturated rings. The molecule has 2 N–H and O–H groups in total. The number of nitrogen functional groups attached to an aromatic ring is 1. The Bertz CT molecular complexity index is 492. The Kier molecular flexibility index (Phi) is 3.44. The van der Waals surface area contributed by atoms with Gasteiger partial charge in [-0.15, -0.1) is 0 Å². The number of rotatable bonds is 1. The monoisotopic (exact) mass is 276 g/mol. The molecular weight excluding hydrogens is 252 g/mol. The molecule has 2 aliphatic rings. The van der Waals surface area contributed by atoms with E-state index in [4.69, 9.17) is 5.73 Å². The van der Waals surface area contributed by atoms with Gasteiger partial charge in [0.05, 0.1) is 5.69 Å². The molecule has 0 bridgehead atoms. The van der Waals surface area contributed by atoms with Crippen LogP contribution in [0.5, 0.6) is 0 Å². The molecule has 1 saturated heterocycles. The third-order valence-electron chi connectivity index (χ3n) is 5.09. The second-order valence-corrected chi connectivity index (χ2v) is 6.46. The standard InChI is InChI=1S/C15H24N4O/c1-18-11-12(16)13(17-18)14(20)19-9-7-15(8-10-19)5-3-2-4-6-15/h11H,2-10,16H2,1H3. The predicted octanol–water partition coefficient (Wildman–Crippen LogP) is 2.19. The average Bonchev–Trinajstić information content (AvgIpc) is 2.79. The van der Waals surface area contributed by atoms with Gasteiger partial charge in [0.15, 0.2) is 5.69 Å². The van der Waals surface area contributed by atoms with E-state index in [0.717, 1.165) is 25.9 Å². The SMILES string of the molecule is Cn1cc(N)c(C(=O)N2CCC3(CCCCC3)CC2)n1. The third-order valence-corrected chi connectivity index (χ3v) is 5.09. The molecule has 1 aromatic rings. The van der Waals surface area contributed by atoms with Gasteiger partial charge in [-0.3, -0.25) is 9.48 Å². The number of likely N-dealkylation sites (tertiary alicyclic amines) is 1. The fraction of sp³-hybridized carbons (Fsp3) is 0.733. The summed E-state index contributed by atoms with van der Waals surface area (Å²) in [7, 11) is 1.79. The van der Waals surface area contributed by atoms with Crippen LogP contribution in [0.3, 0.4) is 0 Å². The van der Waals surface area contributed by atoms with Crippen molar-refractivity contribution < 1.29 is 4.79 Å². The summed E-state index contributed by atoms with van der Waals surface area (Å²) in [6.45, 7) is 1.71. The van der Waals surface area contributed by atoms with Crippen LogP contribution in [0.25, 0.3) is 0 Å². The molecule has 1 spiro atoms. The number of nitrogens with zero attached hydrogens (tertiary/aromatic N) is 3. The molecule has 5 heteroatoms. The van der Waals surface area contributed by atoms with Crippen molar-refractivity contribution in [2.75, 3.05) is 18.8 Å². The number of anilines is 1. The number of hydrogen-bond acceptors (Lipinski definition) is 3. The first-order chi connectivity index (χ1) is 9.60. The van der Waals surface area contributed by atoms with Crippen molar-refractivity contribution in [2.24, 2.45) is 12.5 Å². The molecule has 0 atom stereocenters. The summed E-state index contributed by atoms with van der Waals surface area (Å²) < 4.78 is 1.61. The zero-order valence-electron chi connectivity index (χ0n) is 12.3. The second-order valence-electron chi connectivity index (χ2n) is 6.46. The highest BCUT2D eigenvalue weighted by molar-refractivity contribution is 5.97. The first-order valence-corrected chi connectivity index (χ1v) is 7.68. The minimum absolute atomic E-state index is 0.00578. The van der Waals surface area contributed by atoms with Crippen molar-refractivity contribution in [3.05, 3.63) is 11.9 Å². The van der Waals surface area contributed by atoms with Gasteiger partial charge < -0.3 is 10.6 Å². The maximum atomic E-state index is 12.5. The molecule has 1 aliphatic heterocycles. The topological polar surface area (TPSA) is 64.2 Å². The summed E-state index contributed by atoms with van der Waals surface area (Å²) >= 11 is 0. The van der Waals surface area contributed by atoms with Gasteiger partial charge >= 0.3 is 0 Å². The van der Waals surface area contributed by atoms with E-state index in [9.17, 15) is 4.79 Å². The molecule has 3 rings (SSSR count). The van der Waals surface area contributed by atoms with E-state index in [-0.39, 0.29) is 5.91 Å². The Morgan fingerprint density at radius 2 is 1.85 bits per heavy atom. The van der Waals surface area contributed by atoms with Crippen LogP contribution in [0.2, 0.25) is 0 Å². The van der Waals surface area contributed by atoms with E-state index >= 15 is 0 Å². The molecule has 1 aromatic heterocycles. The van der Waals surface area contributed by atoms with Crippen LogP contribution in [0, 0.1) is 5.41 Å². The van der Waals surface area contributed by atoms with Gasteiger partial charge in [-0.1, -0.05) is 19.3 Å². The number of aromatic nitrogens is 2. The number of hydrogen-bond donors (Lipinski definition) is 1. The summed E-state index contributed by atoms with van der Waals surface area (Å²) in [4.78, 5) is 14.4. The second kappa shape index (κ2) is 5.11. The number of amides is 1. The quantitative estimate of drug-likeness (QED) is 0.855. The Hall–Kier alpha value is -1.52. The molecule has 0 aromatic carbocycles. The van der Waals surface area contributed by atoms with Crippen molar-refractivity contribution in [3.63, 3.8) is 0 Å². The summed E-state index contributed by atoms with van der Waals surface area (Å²) in [5, 5.41) is 4.19. The molecule has 0 radical (unpaired) electrons. The van der Waals surface area contributed by atoms with Gasteiger partial charge in [0, 0.05) is 26.3 Å². The molecular formula is C15H24N4O. The molecule has 20 heavy (non-hydrogen) atoms. The van der Waals surface area contributed by atoms with Crippen LogP contribution < -0.4 is 5.73 Å². The minimum Gasteiger partial charge on any atom is -0.396 e. The minimum atomic E-state index is -0.00578. The maximum Gasteiger partial charge on any atom is 0.276 e. The van der Waals surface area contributed by atoms with Crippen molar-refractivity contribution in [1.82, 2.24) is 14.7 Å². The molecule has 1 aliphatic carbocycles. The van der Waals surface area contributed by atoms with E-state index in [1.807, 2.05) is 4.90 Å². The number of aryl methyl sites for hydroxylation is 1. The van der Waals surface area contributed by atoms with Crippen LogP contribution in [0.15, 0.2) is 6.20 Å². The first-order valence-electron chi connectivity index (χ1n) is 7.68. The van der Waals surface area contributed by atoms with E-state index < -0.39 is 0 Å². The van der Waals surface area contributed by atoms with E-state index in [1.165, 1.54) is 32.1 Å². The van der Waals surface area contributed by atoms with Crippen LogP contribution in [-0.4, -0.2) is 33.7 Å². The molecule has 0 unspecified atom stereocenters. The van der Waals surface area contributed by atoms with Crippen LogP contribution in [0.1, 0.15) is 55.4 Å². The number of carbonyl (C=O) groups is 1. The van der Waals surface area contributed by atoms with Crippen molar-refractivity contribution in [2.45, 2.75) is 44.9 Å². The molecule has 2 heterocycles. The lowest BCUT2D eigenvalue weighted by molar-refractivity contribution is 0.0467. The lowest BCUT2D eigenvalue weighted by Gasteiger charge is -2.44. The van der Waals surface area contributed by atoms with Gasteiger partial charge in [-0.2, -0.15) is 5.10 Å². The zero-order chi connectivity index (χ0) is 14.2. The number of carbonyl (C=O) groups excluding carboxylic acids is 1. The highest BCUT2D eigenvalue weighted by Gasteiger charge is 2.37. The Morgan fingerprint density at radius 1 is 1.20 bits per heavy atom. The zero-order valence-corrected chi connectivity index (χ0v) is 12.3. The maximum absolute atomic E-state index is 12.5. The molecule has 1 saturated carbocycles. The van der Waals surface area contributed by atoms with E-state index in [2.05, 4.69) is 5.10 Å². The van der Waals surface area contributed by atoms with Crippen molar-refractivity contribution in [1.29, 1.82) is 0 Å². The Balaban J connectivity index is 1.66. The summed E-state index contributed by atoms with van der Waals surface area (Å²) in [6.07, 6.45) is 10.8. The highest BCUT2D eigenvalue weighted by atomic mass is 16.2. The van der Waals surface area contributed by atoms with Gasteiger partial charge in [0.2, 0.25) is 0 Å². The Morgan fingerprint density at radius 3 is 2.40 bits per heavy atom. The predicted molar refractivity (Wildman–Crippen MR) is 78.3 cm³/mol. The highest BCUT2D eigenvalue weighted by Crippen LogP contribution is 2.44. The first kappa shape index (κ1) is 13.5. The summed E-state index contributed by atoms with van der Waals surface area (Å²) in [5.74, 6) is -0.00578. The smallest absolute Gasteiger partial charge is 0.276 e.